The van der Waals surface area contributed by atoms with E-state index >= 15 is 0 Å². The van der Waals surface area contributed by atoms with E-state index in [0.29, 0.717) is 23.5 Å². The Labute approximate surface area is 127 Å². The van der Waals surface area contributed by atoms with Crippen LogP contribution in [0.1, 0.15) is 17.3 Å². The van der Waals surface area contributed by atoms with Crippen LogP contribution >= 0.6 is 0 Å². The van der Waals surface area contributed by atoms with Gasteiger partial charge in [0, 0.05) is 30.7 Å². The van der Waals surface area contributed by atoms with Gasteiger partial charge in [0.15, 0.2) is 6.61 Å². The molecule has 6 heteroatoms. The first kappa shape index (κ1) is 14.1. The fourth-order valence-electron chi connectivity index (χ4n) is 2.33. The molecule has 22 heavy (non-hydrogen) atoms. The highest BCUT2D eigenvalue weighted by Crippen LogP contribution is 2.34. The van der Waals surface area contributed by atoms with Gasteiger partial charge in [-0.2, -0.15) is 0 Å². The van der Waals surface area contributed by atoms with Crippen LogP contribution in [0.15, 0.2) is 42.7 Å². The van der Waals surface area contributed by atoms with Gasteiger partial charge in [-0.1, -0.05) is 0 Å². The molecule has 1 aromatic carbocycles. The van der Waals surface area contributed by atoms with E-state index in [-0.39, 0.29) is 18.4 Å². The number of carbonyl (C=O) groups excluding carboxylic acids is 2. The fourth-order valence-corrected chi connectivity index (χ4v) is 2.33. The zero-order valence-corrected chi connectivity index (χ0v) is 12.1. The second-order valence-electron chi connectivity index (χ2n) is 4.81. The van der Waals surface area contributed by atoms with Crippen molar-refractivity contribution in [3.05, 3.63) is 48.3 Å². The summed E-state index contributed by atoms with van der Waals surface area (Å²) in [4.78, 5) is 29.4. The third-order valence-corrected chi connectivity index (χ3v) is 3.40. The molecule has 2 heterocycles. The summed E-state index contributed by atoms with van der Waals surface area (Å²) in [6.07, 6.45) is 3.11. The molecule has 0 atom stereocenters. The van der Waals surface area contributed by atoms with Crippen molar-refractivity contribution in [2.75, 3.05) is 23.4 Å². The minimum Gasteiger partial charge on any atom is -0.481 e. The number of nitrogens with zero attached hydrogens (tertiary/aromatic N) is 2. The number of carbonyl (C=O) groups is 2. The monoisotopic (exact) mass is 297 g/mol. The zero-order valence-electron chi connectivity index (χ0n) is 12.1. The minimum absolute atomic E-state index is 0.0147. The molecule has 1 aliphatic rings. The van der Waals surface area contributed by atoms with Gasteiger partial charge >= 0.3 is 0 Å². The first-order chi connectivity index (χ1) is 10.7. The van der Waals surface area contributed by atoms with Gasteiger partial charge < -0.3 is 15.0 Å². The first-order valence-corrected chi connectivity index (χ1v) is 6.97. The maximum absolute atomic E-state index is 12.1. The second-order valence-corrected chi connectivity index (χ2v) is 4.81. The maximum atomic E-state index is 12.1. The van der Waals surface area contributed by atoms with Crippen molar-refractivity contribution in [1.82, 2.24) is 4.98 Å². The summed E-state index contributed by atoms with van der Waals surface area (Å²) in [6.45, 7) is 2.50. The van der Waals surface area contributed by atoms with Crippen LogP contribution in [0.4, 0.5) is 11.4 Å². The third-order valence-electron chi connectivity index (χ3n) is 3.40. The van der Waals surface area contributed by atoms with Crippen LogP contribution in [0.25, 0.3) is 0 Å². The van der Waals surface area contributed by atoms with Crippen LogP contribution in [0.3, 0.4) is 0 Å². The molecule has 6 nitrogen and oxygen atoms in total. The predicted octanol–water partition coefficient (Wildman–Crippen LogP) is 2.08. The number of hydrogen-bond acceptors (Lipinski definition) is 4. The Morgan fingerprint density at radius 1 is 1.41 bits per heavy atom. The lowest BCUT2D eigenvalue weighted by molar-refractivity contribution is -0.121. The molecule has 0 radical (unpaired) electrons. The lowest BCUT2D eigenvalue weighted by Crippen LogP contribution is -2.38. The maximum Gasteiger partial charge on any atom is 0.265 e. The Hall–Kier alpha value is -2.89. The number of aromatic nitrogens is 1. The molecule has 0 bridgehead atoms. The van der Waals surface area contributed by atoms with E-state index < -0.39 is 0 Å². The molecule has 1 N–H and O–H groups in total. The van der Waals surface area contributed by atoms with Gasteiger partial charge in [-0.25, -0.2) is 0 Å². The van der Waals surface area contributed by atoms with Crippen LogP contribution in [0.2, 0.25) is 0 Å². The number of hydrogen-bond donors (Lipinski definition) is 1. The average Bonchev–Trinajstić information content (AvgIpc) is 2.55. The molecule has 0 saturated carbocycles. The summed E-state index contributed by atoms with van der Waals surface area (Å²) in [5.41, 5.74) is 1.81. The molecule has 112 valence electrons. The molecule has 2 aromatic rings. The second kappa shape index (κ2) is 5.85. The van der Waals surface area contributed by atoms with Gasteiger partial charge in [-0.15, -0.1) is 0 Å². The molecule has 3 rings (SSSR count). The van der Waals surface area contributed by atoms with E-state index in [1.807, 2.05) is 6.92 Å². The summed E-state index contributed by atoms with van der Waals surface area (Å²) < 4.78 is 5.44. The fraction of sp³-hybridized carbons (Fsp3) is 0.188. The number of fused-ring (bicyclic) bond motifs is 1. The number of nitrogens with one attached hydrogen (secondary N) is 1. The van der Waals surface area contributed by atoms with Gasteiger partial charge in [0.25, 0.3) is 11.8 Å². The Kier molecular flexibility index (Phi) is 3.74. The van der Waals surface area contributed by atoms with Gasteiger partial charge in [-0.05, 0) is 31.2 Å². The average molecular weight is 297 g/mol. The number of pyridine rings is 1. The van der Waals surface area contributed by atoms with Crippen molar-refractivity contribution in [3.63, 3.8) is 0 Å². The third kappa shape index (κ3) is 2.63. The van der Waals surface area contributed by atoms with E-state index in [9.17, 15) is 9.59 Å². The van der Waals surface area contributed by atoms with Gasteiger partial charge in [0.1, 0.15) is 5.75 Å². The highest BCUT2D eigenvalue weighted by atomic mass is 16.5. The Morgan fingerprint density at radius 3 is 3.00 bits per heavy atom. The summed E-state index contributed by atoms with van der Waals surface area (Å²) in [7, 11) is 0. The topological polar surface area (TPSA) is 71.5 Å². The van der Waals surface area contributed by atoms with E-state index in [1.54, 1.807) is 41.4 Å². The lowest BCUT2D eigenvalue weighted by atomic mass is 10.2. The first-order valence-electron chi connectivity index (χ1n) is 6.97. The highest BCUT2D eigenvalue weighted by Gasteiger charge is 2.24. The summed E-state index contributed by atoms with van der Waals surface area (Å²) in [5, 5.41) is 2.79. The summed E-state index contributed by atoms with van der Waals surface area (Å²) in [6, 6.07) is 8.63. The molecule has 1 aliphatic heterocycles. The molecule has 1 aromatic heterocycles. The van der Waals surface area contributed by atoms with Crippen LogP contribution in [-0.2, 0) is 4.79 Å². The molecular formula is C16H15N3O3. The van der Waals surface area contributed by atoms with Crippen LogP contribution in [0, 0.1) is 0 Å². The van der Waals surface area contributed by atoms with Crippen molar-refractivity contribution in [3.8, 4) is 5.75 Å². The number of likely N-dealkylation sites (N-methyl/N-ethyl adjacent to an activating group) is 1. The largest absolute Gasteiger partial charge is 0.481 e. The molecule has 0 aliphatic carbocycles. The van der Waals surface area contributed by atoms with E-state index in [2.05, 4.69) is 10.3 Å². The lowest BCUT2D eigenvalue weighted by Gasteiger charge is -2.28. The molecule has 2 amide bonds. The minimum atomic E-state index is -0.243. The molecular weight excluding hydrogens is 282 g/mol. The number of amides is 2. The van der Waals surface area contributed by atoms with Crippen molar-refractivity contribution in [2.45, 2.75) is 6.92 Å². The van der Waals surface area contributed by atoms with Crippen LogP contribution in [0.5, 0.6) is 5.75 Å². The Bertz CT molecular complexity index is 716. The highest BCUT2D eigenvalue weighted by molar-refractivity contribution is 6.04. The van der Waals surface area contributed by atoms with Gasteiger partial charge in [-0.3, -0.25) is 14.6 Å². The quantitative estimate of drug-likeness (QED) is 0.941. The Morgan fingerprint density at radius 2 is 2.27 bits per heavy atom. The van der Waals surface area contributed by atoms with E-state index in [0.717, 1.165) is 5.69 Å². The normalized spacial score (nSPS) is 13.3. The Balaban J connectivity index is 1.82. The van der Waals surface area contributed by atoms with Crippen molar-refractivity contribution in [2.24, 2.45) is 0 Å². The van der Waals surface area contributed by atoms with Crippen LogP contribution in [-0.4, -0.2) is 29.9 Å². The summed E-state index contributed by atoms with van der Waals surface area (Å²) in [5.74, 6) is 0.278. The van der Waals surface area contributed by atoms with Crippen molar-refractivity contribution < 1.29 is 14.3 Å². The number of anilines is 2. The number of ether oxygens (including phenoxy) is 1. The predicted molar refractivity (Wildman–Crippen MR) is 82.2 cm³/mol. The summed E-state index contributed by atoms with van der Waals surface area (Å²) >= 11 is 0. The van der Waals surface area contributed by atoms with Crippen molar-refractivity contribution in [1.29, 1.82) is 0 Å². The van der Waals surface area contributed by atoms with Gasteiger partial charge in [0.2, 0.25) is 0 Å². The molecule has 0 saturated heterocycles. The van der Waals surface area contributed by atoms with Crippen molar-refractivity contribution >= 4 is 23.2 Å². The van der Waals surface area contributed by atoms with Gasteiger partial charge in [0.05, 0.1) is 11.3 Å². The van der Waals surface area contributed by atoms with Crippen LogP contribution < -0.4 is 15.0 Å². The molecule has 0 spiro atoms. The zero-order chi connectivity index (χ0) is 15.5. The molecule has 0 unspecified atom stereocenters. The smallest absolute Gasteiger partial charge is 0.265 e. The number of benzene rings is 1. The molecule has 0 fully saturated rings. The van der Waals surface area contributed by atoms with E-state index in [1.165, 1.54) is 6.20 Å². The van der Waals surface area contributed by atoms with E-state index in [4.69, 9.17) is 4.74 Å². The standard InChI is InChI=1S/C16H15N3O3/c1-2-19-13-6-5-12(8-14(13)22-10-15(19)20)18-16(21)11-4-3-7-17-9-11/h3-9H,2,10H2,1H3,(H,18,21). The SMILES string of the molecule is CCN1C(=O)COc2cc(NC(=O)c3cccnc3)ccc21. The number of rotatable bonds is 3.